The minimum atomic E-state index is -0.806. The minimum Gasteiger partial charge on any atom is -0.480 e. The lowest BCUT2D eigenvalue weighted by Crippen LogP contribution is -2.25. The molecule has 0 heterocycles. The molecule has 1 aromatic rings. The summed E-state index contributed by atoms with van der Waals surface area (Å²) in [5.74, 6) is -0.806. The molecule has 1 rings (SSSR count). The van der Waals surface area contributed by atoms with Crippen molar-refractivity contribution in [3.63, 3.8) is 0 Å². The van der Waals surface area contributed by atoms with Crippen LogP contribution in [0.4, 0.5) is 0 Å². The Morgan fingerprint density at radius 3 is 2.71 bits per heavy atom. The van der Waals surface area contributed by atoms with Crippen LogP contribution in [-0.2, 0) is 11.3 Å². The van der Waals surface area contributed by atoms with Crippen molar-refractivity contribution < 1.29 is 9.90 Å². The maximum absolute atomic E-state index is 10.4. The van der Waals surface area contributed by atoms with E-state index in [1.807, 2.05) is 24.3 Å². The SMILES string of the molecule is CN(CC(=O)O)Cc1ccccc1Br. The fourth-order valence-electron chi connectivity index (χ4n) is 1.20. The Hall–Kier alpha value is -0.870. The van der Waals surface area contributed by atoms with Crippen LogP contribution in [0.25, 0.3) is 0 Å². The van der Waals surface area contributed by atoms with Crippen LogP contribution in [-0.4, -0.2) is 29.6 Å². The second-order valence-corrected chi connectivity index (χ2v) is 4.01. The number of likely N-dealkylation sites (N-methyl/N-ethyl adjacent to an activating group) is 1. The normalized spacial score (nSPS) is 10.5. The van der Waals surface area contributed by atoms with E-state index in [1.165, 1.54) is 0 Å². The number of carbonyl (C=O) groups is 1. The second kappa shape index (κ2) is 5.12. The van der Waals surface area contributed by atoms with Crippen LogP contribution < -0.4 is 0 Å². The summed E-state index contributed by atoms with van der Waals surface area (Å²) in [6, 6.07) is 7.80. The van der Waals surface area contributed by atoms with Crippen LogP contribution in [0.3, 0.4) is 0 Å². The van der Waals surface area contributed by atoms with Gasteiger partial charge in [-0.25, -0.2) is 0 Å². The third kappa shape index (κ3) is 3.47. The third-order valence-electron chi connectivity index (χ3n) is 1.80. The van der Waals surface area contributed by atoms with Crippen molar-refractivity contribution in [2.75, 3.05) is 13.6 Å². The largest absolute Gasteiger partial charge is 0.480 e. The van der Waals surface area contributed by atoms with E-state index < -0.39 is 5.97 Å². The Labute approximate surface area is 91.5 Å². The quantitative estimate of drug-likeness (QED) is 0.897. The van der Waals surface area contributed by atoms with Gasteiger partial charge in [0.15, 0.2) is 0 Å². The number of halogens is 1. The van der Waals surface area contributed by atoms with Crippen molar-refractivity contribution >= 4 is 21.9 Å². The number of benzene rings is 1. The highest BCUT2D eigenvalue weighted by atomic mass is 79.9. The summed E-state index contributed by atoms with van der Waals surface area (Å²) >= 11 is 3.42. The topological polar surface area (TPSA) is 40.5 Å². The molecule has 3 nitrogen and oxygen atoms in total. The van der Waals surface area contributed by atoms with Gasteiger partial charge in [-0.3, -0.25) is 9.69 Å². The Balaban J connectivity index is 2.60. The number of carboxylic acid groups (broad SMARTS) is 1. The number of hydrogen-bond donors (Lipinski definition) is 1. The molecule has 0 aliphatic rings. The zero-order valence-electron chi connectivity index (χ0n) is 7.90. The molecule has 0 atom stereocenters. The first-order valence-corrected chi connectivity index (χ1v) is 5.02. The molecule has 0 aliphatic carbocycles. The third-order valence-corrected chi connectivity index (χ3v) is 2.58. The molecule has 0 saturated carbocycles. The van der Waals surface area contributed by atoms with Gasteiger partial charge in [-0.1, -0.05) is 34.1 Å². The van der Waals surface area contributed by atoms with E-state index >= 15 is 0 Å². The maximum Gasteiger partial charge on any atom is 0.317 e. The summed E-state index contributed by atoms with van der Waals surface area (Å²) in [4.78, 5) is 12.2. The highest BCUT2D eigenvalue weighted by Gasteiger charge is 2.06. The molecule has 0 bridgehead atoms. The molecule has 0 spiro atoms. The van der Waals surface area contributed by atoms with Gasteiger partial charge >= 0.3 is 5.97 Å². The van der Waals surface area contributed by atoms with Gasteiger partial charge in [0.25, 0.3) is 0 Å². The first-order valence-electron chi connectivity index (χ1n) is 4.23. The lowest BCUT2D eigenvalue weighted by atomic mass is 10.2. The van der Waals surface area contributed by atoms with Gasteiger partial charge in [0.1, 0.15) is 0 Å². The van der Waals surface area contributed by atoms with Crippen molar-refractivity contribution in [1.82, 2.24) is 4.90 Å². The molecule has 0 unspecified atom stereocenters. The summed E-state index contributed by atoms with van der Waals surface area (Å²) < 4.78 is 1.01. The number of hydrogen-bond acceptors (Lipinski definition) is 2. The molecule has 0 saturated heterocycles. The highest BCUT2D eigenvalue weighted by molar-refractivity contribution is 9.10. The van der Waals surface area contributed by atoms with E-state index in [4.69, 9.17) is 5.11 Å². The number of nitrogens with zero attached hydrogens (tertiary/aromatic N) is 1. The van der Waals surface area contributed by atoms with Crippen LogP contribution in [0, 0.1) is 0 Å². The maximum atomic E-state index is 10.4. The average molecular weight is 258 g/mol. The van der Waals surface area contributed by atoms with Gasteiger partial charge in [-0.2, -0.15) is 0 Å². The summed E-state index contributed by atoms with van der Waals surface area (Å²) in [5, 5.41) is 8.58. The molecule has 1 aromatic carbocycles. The first kappa shape index (κ1) is 11.2. The molecule has 0 amide bonds. The van der Waals surface area contributed by atoms with E-state index in [9.17, 15) is 4.79 Å². The number of rotatable bonds is 4. The lowest BCUT2D eigenvalue weighted by molar-refractivity contribution is -0.138. The van der Waals surface area contributed by atoms with Crippen molar-refractivity contribution in [3.05, 3.63) is 34.3 Å². The van der Waals surface area contributed by atoms with Gasteiger partial charge in [0, 0.05) is 11.0 Å². The molecule has 0 aliphatic heterocycles. The standard InChI is InChI=1S/C10H12BrNO2/c1-12(7-10(13)14)6-8-4-2-3-5-9(8)11/h2-5H,6-7H2,1H3,(H,13,14). The molecular weight excluding hydrogens is 246 g/mol. The molecule has 0 fully saturated rings. The van der Waals surface area contributed by atoms with Crippen molar-refractivity contribution in [1.29, 1.82) is 0 Å². The lowest BCUT2D eigenvalue weighted by Gasteiger charge is -2.14. The summed E-state index contributed by atoms with van der Waals surface area (Å²) in [5.41, 5.74) is 1.09. The summed E-state index contributed by atoms with van der Waals surface area (Å²) in [6.45, 7) is 0.690. The van der Waals surface area contributed by atoms with Crippen LogP contribution in [0.15, 0.2) is 28.7 Å². The summed E-state index contributed by atoms with van der Waals surface area (Å²) in [6.07, 6.45) is 0. The van der Waals surface area contributed by atoms with Crippen LogP contribution in [0.1, 0.15) is 5.56 Å². The number of aliphatic carboxylic acids is 1. The molecule has 0 radical (unpaired) electrons. The van der Waals surface area contributed by atoms with Gasteiger partial charge in [0.2, 0.25) is 0 Å². The van der Waals surface area contributed by atoms with Gasteiger partial charge in [0.05, 0.1) is 6.54 Å². The number of carboxylic acids is 1. The Kier molecular flexibility index (Phi) is 4.10. The predicted molar refractivity (Wildman–Crippen MR) is 58.1 cm³/mol. The second-order valence-electron chi connectivity index (χ2n) is 3.16. The zero-order chi connectivity index (χ0) is 10.6. The van der Waals surface area contributed by atoms with Gasteiger partial charge in [-0.15, -0.1) is 0 Å². The minimum absolute atomic E-state index is 0.0569. The van der Waals surface area contributed by atoms with Gasteiger partial charge in [-0.05, 0) is 18.7 Å². The average Bonchev–Trinajstić information content (AvgIpc) is 2.07. The molecule has 14 heavy (non-hydrogen) atoms. The van der Waals surface area contributed by atoms with Crippen molar-refractivity contribution in [2.45, 2.75) is 6.54 Å². The van der Waals surface area contributed by atoms with Crippen LogP contribution in [0.5, 0.6) is 0 Å². The highest BCUT2D eigenvalue weighted by Crippen LogP contribution is 2.16. The molecule has 4 heteroatoms. The van der Waals surface area contributed by atoms with E-state index in [0.29, 0.717) is 6.54 Å². The smallest absolute Gasteiger partial charge is 0.317 e. The van der Waals surface area contributed by atoms with Crippen LogP contribution >= 0.6 is 15.9 Å². The summed E-state index contributed by atoms with van der Waals surface area (Å²) in [7, 11) is 1.79. The van der Waals surface area contributed by atoms with E-state index in [2.05, 4.69) is 15.9 Å². The van der Waals surface area contributed by atoms with E-state index in [1.54, 1.807) is 11.9 Å². The van der Waals surface area contributed by atoms with Crippen molar-refractivity contribution in [2.24, 2.45) is 0 Å². The predicted octanol–water partition coefficient (Wildman–Crippen LogP) is 1.97. The monoisotopic (exact) mass is 257 g/mol. The molecule has 1 N–H and O–H groups in total. The Morgan fingerprint density at radius 1 is 1.50 bits per heavy atom. The van der Waals surface area contributed by atoms with E-state index in [-0.39, 0.29) is 6.54 Å². The Bertz CT molecular complexity index is 328. The zero-order valence-corrected chi connectivity index (χ0v) is 9.49. The molecule has 76 valence electrons. The Morgan fingerprint density at radius 2 is 2.14 bits per heavy atom. The van der Waals surface area contributed by atoms with Gasteiger partial charge < -0.3 is 5.11 Å². The first-order chi connectivity index (χ1) is 6.59. The molecule has 0 aromatic heterocycles. The van der Waals surface area contributed by atoms with Crippen molar-refractivity contribution in [3.8, 4) is 0 Å². The fraction of sp³-hybridized carbons (Fsp3) is 0.300. The van der Waals surface area contributed by atoms with E-state index in [0.717, 1.165) is 10.0 Å². The molecular formula is C10H12BrNO2. The fourth-order valence-corrected chi connectivity index (χ4v) is 1.61. The van der Waals surface area contributed by atoms with Crippen LogP contribution in [0.2, 0.25) is 0 Å².